The van der Waals surface area contributed by atoms with Gasteiger partial charge in [-0.15, -0.1) is 54.1 Å². The molecule has 7 rings (SSSR count). The van der Waals surface area contributed by atoms with Gasteiger partial charge in [-0.3, -0.25) is 0 Å². The zero-order valence-corrected chi connectivity index (χ0v) is 30.4. The SMILES string of the molecule is Cc1ccc(-c2[c-]cccc2)nc1.[2H]C([2H])([2H])c1ccc2c(n1)oc1c(-c3cc(C(C)(C)C([2H])([2H])c4ccc(C(C)(C)C)cc4)ccn3)[c-]ccc12.[Ir]. The predicted octanol–water partition coefficient (Wildman–Crippen LogP) is 10.8. The predicted molar refractivity (Wildman–Crippen MR) is 193 cm³/mol. The van der Waals surface area contributed by atoms with Crippen LogP contribution in [0.25, 0.3) is 44.6 Å². The number of pyridine rings is 3. The van der Waals surface area contributed by atoms with E-state index in [0.717, 1.165) is 27.8 Å². The van der Waals surface area contributed by atoms with Crippen LogP contribution in [-0.2, 0) is 37.3 Å². The van der Waals surface area contributed by atoms with E-state index in [1.165, 1.54) is 11.6 Å². The molecule has 245 valence electrons. The molecule has 4 aromatic heterocycles. The summed E-state index contributed by atoms with van der Waals surface area (Å²) in [7, 11) is 0. The minimum absolute atomic E-state index is 0. The fourth-order valence-electron chi connectivity index (χ4n) is 5.43. The fourth-order valence-corrected chi connectivity index (χ4v) is 5.43. The summed E-state index contributed by atoms with van der Waals surface area (Å²) in [5.74, 6) is 0. The van der Waals surface area contributed by atoms with Crippen LogP contribution in [0.15, 0.2) is 114 Å². The first-order valence-electron chi connectivity index (χ1n) is 18.2. The van der Waals surface area contributed by atoms with Crippen molar-refractivity contribution in [3.05, 3.63) is 150 Å². The van der Waals surface area contributed by atoms with Crippen molar-refractivity contribution in [2.75, 3.05) is 0 Å². The second-order valence-corrected chi connectivity index (χ2v) is 13.3. The van der Waals surface area contributed by atoms with E-state index in [1.54, 1.807) is 18.3 Å². The van der Waals surface area contributed by atoms with Gasteiger partial charge < -0.3 is 14.4 Å². The third kappa shape index (κ3) is 7.81. The van der Waals surface area contributed by atoms with Gasteiger partial charge in [-0.25, -0.2) is 4.98 Å². The van der Waals surface area contributed by atoms with Crippen LogP contribution in [0.1, 0.15) is 69.4 Å². The molecule has 4 heterocycles. The molecular weight excluding hydrogens is 767 g/mol. The van der Waals surface area contributed by atoms with Gasteiger partial charge in [-0.1, -0.05) is 88.0 Å². The van der Waals surface area contributed by atoms with Gasteiger partial charge in [-0.2, -0.15) is 0 Å². The van der Waals surface area contributed by atoms with Crippen LogP contribution in [0.4, 0.5) is 0 Å². The van der Waals surface area contributed by atoms with Crippen molar-refractivity contribution < 1.29 is 31.4 Å². The summed E-state index contributed by atoms with van der Waals surface area (Å²) in [6.07, 6.45) is 1.87. The quantitative estimate of drug-likeness (QED) is 0.163. The Bertz CT molecular complexity index is 2330. The Morgan fingerprint density at radius 3 is 2.29 bits per heavy atom. The van der Waals surface area contributed by atoms with Crippen LogP contribution in [0.2, 0.25) is 0 Å². The maximum atomic E-state index is 9.15. The van der Waals surface area contributed by atoms with Crippen molar-refractivity contribution in [2.24, 2.45) is 0 Å². The van der Waals surface area contributed by atoms with Gasteiger partial charge in [0.15, 0.2) is 0 Å². The topological polar surface area (TPSA) is 51.8 Å². The number of fused-ring (bicyclic) bond motifs is 3. The van der Waals surface area contributed by atoms with E-state index < -0.39 is 18.6 Å². The molecule has 0 unspecified atom stereocenters. The zero-order valence-electron chi connectivity index (χ0n) is 33.0. The normalized spacial score (nSPS) is 13.7. The molecule has 0 bridgehead atoms. The summed E-state index contributed by atoms with van der Waals surface area (Å²) in [6, 6.07) is 36.6. The van der Waals surface area contributed by atoms with E-state index in [9.17, 15) is 0 Å². The molecule has 0 aliphatic rings. The van der Waals surface area contributed by atoms with Crippen molar-refractivity contribution in [2.45, 2.75) is 65.6 Å². The Morgan fingerprint density at radius 1 is 0.792 bits per heavy atom. The maximum absolute atomic E-state index is 9.15. The first kappa shape index (κ1) is 28.6. The molecular formula is C43H41IrN3O-2. The Hall–Kier alpha value is -4.44. The summed E-state index contributed by atoms with van der Waals surface area (Å²) in [5, 5.41) is 1.49. The number of aromatic nitrogens is 3. The molecule has 0 amide bonds. The Labute approximate surface area is 305 Å². The molecule has 0 N–H and O–H groups in total. The molecule has 7 aromatic rings. The number of benzene rings is 3. The number of furan rings is 1. The minimum Gasteiger partial charge on any atom is -0.486 e. The third-order valence-corrected chi connectivity index (χ3v) is 8.14. The smallest absolute Gasteiger partial charge is 0.216 e. The third-order valence-electron chi connectivity index (χ3n) is 8.14. The van der Waals surface area contributed by atoms with Crippen LogP contribution >= 0.6 is 0 Å². The van der Waals surface area contributed by atoms with Gasteiger partial charge >= 0.3 is 0 Å². The number of hydrogen-bond donors (Lipinski definition) is 0. The van der Waals surface area contributed by atoms with E-state index in [-0.39, 0.29) is 36.9 Å². The van der Waals surface area contributed by atoms with Gasteiger partial charge in [0.25, 0.3) is 0 Å². The van der Waals surface area contributed by atoms with Crippen molar-refractivity contribution in [1.82, 2.24) is 15.0 Å². The van der Waals surface area contributed by atoms with Gasteiger partial charge in [0.2, 0.25) is 5.71 Å². The Balaban J connectivity index is 0.000000325. The van der Waals surface area contributed by atoms with Crippen LogP contribution in [0, 0.1) is 25.9 Å². The van der Waals surface area contributed by atoms with Crippen LogP contribution in [-0.4, -0.2) is 15.0 Å². The van der Waals surface area contributed by atoms with Crippen LogP contribution < -0.4 is 0 Å². The second kappa shape index (κ2) is 14.4. The maximum Gasteiger partial charge on any atom is 0.216 e. The van der Waals surface area contributed by atoms with E-state index in [2.05, 4.69) is 53.9 Å². The van der Waals surface area contributed by atoms with Crippen molar-refractivity contribution in [1.29, 1.82) is 0 Å². The monoisotopic (exact) mass is 813 g/mol. The molecule has 4 nitrogen and oxygen atoms in total. The number of rotatable bonds is 5. The molecule has 3 aromatic carbocycles. The largest absolute Gasteiger partial charge is 0.486 e. The van der Waals surface area contributed by atoms with Crippen LogP contribution in [0.3, 0.4) is 0 Å². The van der Waals surface area contributed by atoms with E-state index >= 15 is 0 Å². The molecule has 0 atom stereocenters. The molecule has 0 saturated carbocycles. The summed E-state index contributed by atoms with van der Waals surface area (Å²) in [4.78, 5) is 13.1. The van der Waals surface area contributed by atoms with Crippen molar-refractivity contribution >= 4 is 22.1 Å². The van der Waals surface area contributed by atoms with E-state index in [1.807, 2.05) is 99.8 Å². The van der Waals surface area contributed by atoms with Gasteiger partial charge in [0.05, 0.1) is 5.58 Å². The van der Waals surface area contributed by atoms with E-state index in [0.29, 0.717) is 27.8 Å². The molecule has 0 aliphatic heterocycles. The molecule has 0 fully saturated rings. The van der Waals surface area contributed by atoms with Gasteiger partial charge in [-0.05, 0) is 82.8 Å². The van der Waals surface area contributed by atoms with Crippen molar-refractivity contribution in [3.8, 4) is 22.5 Å². The van der Waals surface area contributed by atoms with Crippen LogP contribution in [0.5, 0.6) is 0 Å². The summed E-state index contributed by atoms with van der Waals surface area (Å²) < 4.78 is 47.4. The summed E-state index contributed by atoms with van der Waals surface area (Å²) in [6.45, 7) is 9.91. The Kier molecular flexibility index (Phi) is 8.54. The summed E-state index contributed by atoms with van der Waals surface area (Å²) >= 11 is 0. The molecule has 48 heavy (non-hydrogen) atoms. The second-order valence-electron chi connectivity index (χ2n) is 13.3. The molecule has 5 heteroatoms. The van der Waals surface area contributed by atoms with E-state index in [4.69, 9.17) is 11.3 Å². The number of nitrogens with zero attached hydrogens (tertiary/aromatic N) is 3. The average molecular weight is 813 g/mol. The number of hydrogen-bond acceptors (Lipinski definition) is 4. The fraction of sp³-hybridized carbons (Fsp3) is 0.233. The standard InChI is InChI=1S/C31H31N2O.C12H10N.Ir/c1-20-10-15-25-24-8-7-9-26(28(24)34-29(25)33-20)27-18-23(16-17-32-27)31(5,6)19-21-11-13-22(14-12-21)30(2,3)4;1-10-7-8-12(13-9-10)11-5-3-2-4-6-11;/h7-8,10-18H,19H2,1-6H3;2-5,7-9H,1H3;/q2*-1;/i1D3,19D2;;. The summed E-state index contributed by atoms with van der Waals surface area (Å²) in [5.41, 5.74) is 6.74. The number of aryl methyl sites for hydroxylation is 2. The van der Waals surface area contributed by atoms with Gasteiger partial charge in [0, 0.05) is 50.4 Å². The first-order valence-corrected chi connectivity index (χ1v) is 15.7. The van der Waals surface area contributed by atoms with Crippen molar-refractivity contribution in [3.63, 3.8) is 0 Å². The molecule has 1 radical (unpaired) electrons. The minimum atomic E-state index is -2.34. The Morgan fingerprint density at radius 2 is 1.60 bits per heavy atom. The first-order chi connectivity index (χ1) is 24.5. The zero-order chi connectivity index (χ0) is 37.5. The molecule has 0 saturated heterocycles. The van der Waals surface area contributed by atoms with Gasteiger partial charge in [0.1, 0.15) is 0 Å². The molecule has 0 spiro atoms. The molecule has 0 aliphatic carbocycles. The average Bonchev–Trinajstić information content (AvgIpc) is 3.50.